The van der Waals surface area contributed by atoms with E-state index < -0.39 is 0 Å². The molecule has 0 aromatic rings. The maximum absolute atomic E-state index is 5.86. The van der Waals surface area contributed by atoms with Crippen molar-refractivity contribution < 1.29 is 14.2 Å². The molecule has 1 unspecified atom stereocenters. The Labute approximate surface area is 93.2 Å². The molecule has 0 N–H and O–H groups in total. The topological polar surface area (TPSA) is 27.7 Å². The van der Waals surface area contributed by atoms with Gasteiger partial charge in [-0.25, -0.2) is 0 Å². The lowest BCUT2D eigenvalue weighted by atomic mass is 9.79. The summed E-state index contributed by atoms with van der Waals surface area (Å²) in [5.74, 6) is 0.117. The second-order valence-corrected chi connectivity index (χ2v) is 3.85. The third-order valence-electron chi connectivity index (χ3n) is 2.83. The Morgan fingerprint density at radius 2 is 2.27 bits per heavy atom. The van der Waals surface area contributed by atoms with Crippen LogP contribution in [0.5, 0.6) is 0 Å². The molecule has 0 spiro atoms. The van der Waals surface area contributed by atoms with Crippen molar-refractivity contribution in [1.29, 1.82) is 0 Å². The highest BCUT2D eigenvalue weighted by Gasteiger charge is 2.35. The van der Waals surface area contributed by atoms with Crippen molar-refractivity contribution in [3.05, 3.63) is 12.2 Å². The monoisotopic (exact) mass is 210 g/mol. The van der Waals surface area contributed by atoms with Gasteiger partial charge in [-0.05, 0) is 12.8 Å². The van der Waals surface area contributed by atoms with Crippen molar-refractivity contribution in [2.45, 2.75) is 24.9 Å². The van der Waals surface area contributed by atoms with Gasteiger partial charge in [0.1, 0.15) is 7.85 Å². The fraction of sp³-hybridized carbons (Fsp3) is 0.818. The van der Waals surface area contributed by atoms with Crippen LogP contribution in [-0.4, -0.2) is 47.4 Å². The molecular weight excluding hydrogens is 191 g/mol. The van der Waals surface area contributed by atoms with Crippen molar-refractivity contribution in [2.24, 2.45) is 5.92 Å². The number of ether oxygens (including phenoxy) is 3. The van der Waals surface area contributed by atoms with Crippen molar-refractivity contribution >= 4 is 7.85 Å². The molecule has 1 aliphatic heterocycles. The van der Waals surface area contributed by atoms with Crippen LogP contribution in [0.2, 0.25) is 0 Å². The summed E-state index contributed by atoms with van der Waals surface area (Å²) in [7, 11) is 9.24. The molecular formula is C11H19BO3. The molecule has 3 nitrogen and oxygen atoms in total. The molecule has 2 radical (unpaired) electrons. The van der Waals surface area contributed by atoms with E-state index in [1.165, 1.54) is 0 Å². The van der Waals surface area contributed by atoms with E-state index in [0.29, 0.717) is 6.61 Å². The Balaban J connectivity index is 2.41. The lowest BCUT2D eigenvalue weighted by Gasteiger charge is -2.22. The first-order chi connectivity index (χ1) is 7.20. The first-order valence-corrected chi connectivity index (χ1v) is 5.27. The fourth-order valence-electron chi connectivity index (χ4n) is 1.94. The van der Waals surface area contributed by atoms with E-state index in [0.717, 1.165) is 25.0 Å². The van der Waals surface area contributed by atoms with E-state index in [1.54, 1.807) is 14.2 Å². The Morgan fingerprint density at radius 3 is 2.87 bits per heavy atom. The molecule has 1 rings (SSSR count). The molecule has 3 atom stereocenters. The first kappa shape index (κ1) is 12.8. The van der Waals surface area contributed by atoms with Crippen LogP contribution in [-0.2, 0) is 14.2 Å². The zero-order valence-corrected chi connectivity index (χ0v) is 9.57. The molecule has 15 heavy (non-hydrogen) atoms. The Bertz CT molecular complexity index is 208. The van der Waals surface area contributed by atoms with Gasteiger partial charge in [-0.2, -0.15) is 0 Å². The summed E-state index contributed by atoms with van der Waals surface area (Å²) in [6.45, 7) is 5.37. The van der Waals surface area contributed by atoms with Crippen LogP contribution in [0.4, 0.5) is 0 Å². The van der Waals surface area contributed by atoms with Crippen LogP contribution in [0.25, 0.3) is 0 Å². The summed E-state index contributed by atoms with van der Waals surface area (Å²) in [4.78, 5) is 0. The van der Waals surface area contributed by atoms with Crippen LogP contribution in [0.15, 0.2) is 12.2 Å². The van der Waals surface area contributed by atoms with Crippen LogP contribution < -0.4 is 0 Å². The summed E-state index contributed by atoms with van der Waals surface area (Å²) >= 11 is 0. The van der Waals surface area contributed by atoms with Crippen LogP contribution in [0.1, 0.15) is 12.8 Å². The van der Waals surface area contributed by atoms with Crippen molar-refractivity contribution in [1.82, 2.24) is 0 Å². The molecule has 0 saturated carbocycles. The minimum atomic E-state index is -0.273. The molecule has 1 fully saturated rings. The smallest absolute Gasteiger partial charge is 0.109 e. The summed E-state index contributed by atoms with van der Waals surface area (Å²) < 4.78 is 15.7. The standard InChI is InChI=1S/C11H19BO3/c1-8(5-4-6-13-2)10-9(14-3)7-15-11(10)12/h9-11H,1,4-7H2,2-3H3/t9-,10?,11+/m0/s1. The molecule has 0 aliphatic carbocycles. The molecule has 1 aliphatic rings. The number of hydrogen-bond acceptors (Lipinski definition) is 3. The fourth-order valence-corrected chi connectivity index (χ4v) is 1.94. The van der Waals surface area contributed by atoms with Gasteiger partial charge in [0.25, 0.3) is 0 Å². The van der Waals surface area contributed by atoms with Gasteiger partial charge in [-0.15, -0.1) is 0 Å². The number of rotatable bonds is 6. The number of methoxy groups -OCH3 is 2. The van der Waals surface area contributed by atoms with Gasteiger partial charge in [0, 0.05) is 32.7 Å². The highest BCUT2D eigenvalue weighted by molar-refractivity contribution is 6.11. The highest BCUT2D eigenvalue weighted by atomic mass is 16.5. The normalized spacial score (nSPS) is 30.7. The van der Waals surface area contributed by atoms with Crippen LogP contribution in [0, 0.1) is 5.92 Å². The van der Waals surface area contributed by atoms with E-state index in [9.17, 15) is 0 Å². The van der Waals surface area contributed by atoms with E-state index in [-0.39, 0.29) is 18.0 Å². The van der Waals surface area contributed by atoms with Crippen molar-refractivity contribution in [3.63, 3.8) is 0 Å². The van der Waals surface area contributed by atoms with Gasteiger partial charge in [0.2, 0.25) is 0 Å². The average Bonchev–Trinajstić information content (AvgIpc) is 2.59. The maximum Gasteiger partial charge on any atom is 0.109 e. The minimum absolute atomic E-state index is 0.0510. The largest absolute Gasteiger partial charge is 0.385 e. The zero-order chi connectivity index (χ0) is 11.3. The van der Waals surface area contributed by atoms with E-state index in [2.05, 4.69) is 6.58 Å². The molecule has 0 aromatic heterocycles. The Morgan fingerprint density at radius 1 is 1.53 bits per heavy atom. The number of hydrogen-bond donors (Lipinski definition) is 0. The lowest BCUT2D eigenvalue weighted by Crippen LogP contribution is -2.27. The molecule has 0 aromatic carbocycles. The van der Waals surface area contributed by atoms with Gasteiger partial charge in [0.15, 0.2) is 0 Å². The van der Waals surface area contributed by atoms with E-state index >= 15 is 0 Å². The van der Waals surface area contributed by atoms with Crippen LogP contribution in [0.3, 0.4) is 0 Å². The summed E-state index contributed by atoms with van der Waals surface area (Å²) in [5.41, 5.74) is 1.10. The molecule has 0 bridgehead atoms. The zero-order valence-electron chi connectivity index (χ0n) is 9.57. The summed E-state index contributed by atoms with van der Waals surface area (Å²) in [6, 6.07) is -0.273. The Hall–Kier alpha value is -0.315. The summed E-state index contributed by atoms with van der Waals surface area (Å²) in [6.07, 6.45) is 1.93. The van der Waals surface area contributed by atoms with Gasteiger partial charge < -0.3 is 14.2 Å². The van der Waals surface area contributed by atoms with Crippen LogP contribution >= 0.6 is 0 Å². The van der Waals surface area contributed by atoms with Gasteiger partial charge >= 0.3 is 0 Å². The van der Waals surface area contributed by atoms with Gasteiger partial charge in [-0.1, -0.05) is 12.2 Å². The van der Waals surface area contributed by atoms with E-state index in [4.69, 9.17) is 22.1 Å². The minimum Gasteiger partial charge on any atom is -0.385 e. The average molecular weight is 210 g/mol. The second-order valence-electron chi connectivity index (χ2n) is 3.85. The van der Waals surface area contributed by atoms with Gasteiger partial charge in [-0.3, -0.25) is 0 Å². The van der Waals surface area contributed by atoms with E-state index in [1.807, 2.05) is 0 Å². The summed E-state index contributed by atoms with van der Waals surface area (Å²) in [5, 5.41) is 0. The van der Waals surface area contributed by atoms with Crippen molar-refractivity contribution in [3.8, 4) is 0 Å². The molecule has 1 saturated heterocycles. The quantitative estimate of drug-likeness (QED) is 0.373. The van der Waals surface area contributed by atoms with Gasteiger partial charge in [0.05, 0.1) is 12.7 Å². The third kappa shape index (κ3) is 3.33. The second kappa shape index (κ2) is 6.31. The predicted molar refractivity (Wildman–Crippen MR) is 60.0 cm³/mol. The predicted octanol–water partition coefficient (Wildman–Crippen LogP) is 1.13. The lowest BCUT2D eigenvalue weighted by molar-refractivity contribution is 0.0706. The SMILES string of the molecule is [B][C@@H]1OC[C@H](OC)C1C(=C)CCCOC. The highest BCUT2D eigenvalue weighted by Crippen LogP contribution is 2.30. The molecule has 0 amide bonds. The maximum atomic E-state index is 5.86. The van der Waals surface area contributed by atoms with Crippen molar-refractivity contribution in [2.75, 3.05) is 27.4 Å². The third-order valence-corrected chi connectivity index (χ3v) is 2.83. The molecule has 4 heteroatoms. The molecule has 1 heterocycles. The molecule has 84 valence electrons. The Kier molecular flexibility index (Phi) is 5.36. The first-order valence-electron chi connectivity index (χ1n) is 5.27.